The second kappa shape index (κ2) is 6.65. The molecule has 4 aromatic rings. The van der Waals surface area contributed by atoms with Crippen molar-refractivity contribution < 1.29 is 0 Å². The van der Waals surface area contributed by atoms with Crippen LogP contribution in [-0.2, 0) is 6.42 Å². The van der Waals surface area contributed by atoms with Gasteiger partial charge in [-0.2, -0.15) is 10.2 Å². The zero-order valence-electron chi connectivity index (χ0n) is 15.5. The Labute approximate surface area is 158 Å². The lowest BCUT2D eigenvalue weighted by Gasteiger charge is -2.12. The Hall–Kier alpha value is -2.95. The van der Waals surface area contributed by atoms with Crippen molar-refractivity contribution in [3.8, 4) is 16.9 Å². The van der Waals surface area contributed by atoms with Crippen LogP contribution in [0.15, 0.2) is 55.0 Å². The highest BCUT2D eigenvalue weighted by molar-refractivity contribution is 5.86. The molecule has 0 radical (unpaired) electrons. The number of hydrogen-bond donors (Lipinski definition) is 0. The van der Waals surface area contributed by atoms with E-state index in [1.54, 1.807) is 12.4 Å². The zero-order chi connectivity index (χ0) is 18.2. The summed E-state index contributed by atoms with van der Waals surface area (Å²) >= 11 is 0. The number of aryl methyl sites for hydroxylation is 1. The molecule has 3 heterocycles. The first-order chi connectivity index (χ1) is 13.3. The van der Waals surface area contributed by atoms with E-state index in [-0.39, 0.29) is 0 Å². The predicted molar refractivity (Wildman–Crippen MR) is 107 cm³/mol. The van der Waals surface area contributed by atoms with Gasteiger partial charge >= 0.3 is 0 Å². The minimum Gasteiger partial charge on any atom is -0.265 e. The Bertz CT molecular complexity index is 1070. The lowest BCUT2D eigenvalue weighted by molar-refractivity contribution is 0.478. The zero-order valence-corrected chi connectivity index (χ0v) is 15.5. The predicted octanol–water partition coefficient (Wildman–Crippen LogP) is 4.96. The number of hydrogen-bond acceptors (Lipinski definition) is 3. The average Bonchev–Trinajstić information content (AvgIpc) is 3.46. The van der Waals surface area contributed by atoms with Gasteiger partial charge in [0.25, 0.3) is 0 Å². The maximum atomic E-state index is 4.98. The molecule has 1 aliphatic carbocycles. The lowest BCUT2D eigenvalue weighted by atomic mass is 10.1. The molecule has 1 saturated carbocycles. The molecule has 1 aromatic carbocycles. The molecular formula is C22H23N5. The third-order valence-corrected chi connectivity index (χ3v) is 5.64. The third kappa shape index (κ3) is 2.74. The smallest absolute Gasteiger partial charge is 0.0741 e. The molecule has 5 nitrogen and oxygen atoms in total. The SMILES string of the molecule is CCc1nn(C2CCCC2)c2cc(-c3ccnn3-c3ccncc3)ccc12. The molecule has 5 heteroatoms. The minimum atomic E-state index is 0.535. The normalized spacial score (nSPS) is 15.0. The van der Waals surface area contributed by atoms with E-state index in [0.29, 0.717) is 6.04 Å². The van der Waals surface area contributed by atoms with Gasteiger partial charge in [-0.15, -0.1) is 0 Å². The van der Waals surface area contributed by atoms with Crippen LogP contribution in [0.2, 0.25) is 0 Å². The molecule has 0 spiro atoms. The first-order valence-electron chi connectivity index (χ1n) is 9.81. The fourth-order valence-corrected chi connectivity index (χ4v) is 4.26. The van der Waals surface area contributed by atoms with E-state index in [2.05, 4.69) is 46.0 Å². The summed E-state index contributed by atoms with van der Waals surface area (Å²) in [5.74, 6) is 0. The first kappa shape index (κ1) is 16.2. The summed E-state index contributed by atoms with van der Waals surface area (Å²) in [6.07, 6.45) is 11.5. The Kier molecular flexibility index (Phi) is 4.00. The van der Waals surface area contributed by atoms with Crippen LogP contribution in [0.5, 0.6) is 0 Å². The molecule has 0 atom stereocenters. The first-order valence-corrected chi connectivity index (χ1v) is 9.81. The van der Waals surface area contributed by atoms with Crippen LogP contribution < -0.4 is 0 Å². The van der Waals surface area contributed by atoms with Crippen LogP contribution in [0.25, 0.3) is 27.8 Å². The average molecular weight is 357 g/mol. The summed E-state index contributed by atoms with van der Waals surface area (Å²) < 4.78 is 4.26. The van der Waals surface area contributed by atoms with Crippen molar-refractivity contribution in [2.45, 2.75) is 45.1 Å². The Morgan fingerprint density at radius 1 is 1.00 bits per heavy atom. The Morgan fingerprint density at radius 2 is 1.81 bits per heavy atom. The van der Waals surface area contributed by atoms with E-state index in [9.17, 15) is 0 Å². The number of nitrogens with zero attached hydrogens (tertiary/aromatic N) is 5. The third-order valence-electron chi connectivity index (χ3n) is 5.64. The molecule has 136 valence electrons. The van der Waals surface area contributed by atoms with E-state index >= 15 is 0 Å². The minimum absolute atomic E-state index is 0.535. The van der Waals surface area contributed by atoms with E-state index in [1.165, 1.54) is 47.8 Å². The summed E-state index contributed by atoms with van der Waals surface area (Å²) in [5.41, 5.74) is 5.72. The maximum Gasteiger partial charge on any atom is 0.0741 e. The molecular weight excluding hydrogens is 334 g/mol. The second-order valence-corrected chi connectivity index (χ2v) is 7.25. The largest absolute Gasteiger partial charge is 0.265 e. The van der Waals surface area contributed by atoms with Crippen LogP contribution in [0, 0.1) is 0 Å². The Balaban J connectivity index is 1.65. The summed E-state index contributed by atoms with van der Waals surface area (Å²) in [4.78, 5) is 4.11. The van der Waals surface area contributed by atoms with Crippen molar-refractivity contribution in [2.24, 2.45) is 0 Å². The van der Waals surface area contributed by atoms with Gasteiger partial charge in [-0.3, -0.25) is 9.67 Å². The van der Waals surface area contributed by atoms with Gasteiger partial charge in [0.05, 0.1) is 34.8 Å². The number of fused-ring (bicyclic) bond motifs is 1. The van der Waals surface area contributed by atoms with Crippen molar-refractivity contribution in [3.63, 3.8) is 0 Å². The molecule has 0 bridgehead atoms. The van der Waals surface area contributed by atoms with Gasteiger partial charge in [0.1, 0.15) is 0 Å². The monoisotopic (exact) mass is 357 g/mol. The molecule has 0 amide bonds. The van der Waals surface area contributed by atoms with Crippen LogP contribution in [0.1, 0.15) is 44.3 Å². The number of pyridine rings is 1. The molecule has 1 fully saturated rings. The molecule has 27 heavy (non-hydrogen) atoms. The van der Waals surface area contributed by atoms with E-state index < -0.39 is 0 Å². The van der Waals surface area contributed by atoms with Gasteiger partial charge in [-0.1, -0.05) is 31.9 Å². The van der Waals surface area contributed by atoms with Gasteiger partial charge in [0.15, 0.2) is 0 Å². The summed E-state index contributed by atoms with van der Waals surface area (Å²) in [6.45, 7) is 2.19. The number of rotatable bonds is 4. The maximum absolute atomic E-state index is 4.98. The molecule has 5 rings (SSSR count). The van der Waals surface area contributed by atoms with Gasteiger partial charge in [0.2, 0.25) is 0 Å². The van der Waals surface area contributed by atoms with Gasteiger partial charge < -0.3 is 0 Å². The molecule has 0 saturated heterocycles. The van der Waals surface area contributed by atoms with Crippen molar-refractivity contribution in [3.05, 3.63) is 60.7 Å². The molecule has 0 N–H and O–H groups in total. The molecule has 3 aromatic heterocycles. The fourth-order valence-electron chi connectivity index (χ4n) is 4.26. The molecule has 1 aliphatic rings. The number of benzene rings is 1. The Morgan fingerprint density at radius 3 is 2.59 bits per heavy atom. The highest BCUT2D eigenvalue weighted by Crippen LogP contribution is 2.35. The van der Waals surface area contributed by atoms with Crippen LogP contribution >= 0.6 is 0 Å². The summed E-state index contributed by atoms with van der Waals surface area (Å²) in [6, 6.07) is 13.3. The van der Waals surface area contributed by atoms with E-state index in [1.807, 2.05) is 23.0 Å². The van der Waals surface area contributed by atoms with E-state index in [0.717, 1.165) is 17.8 Å². The standard InChI is InChI=1S/C22H23N5/c1-2-20-19-8-7-16(15-22(19)27(25-20)17-5-3-4-6-17)21-11-14-24-26(21)18-9-12-23-13-10-18/h7-15,17H,2-6H2,1H3. The highest BCUT2D eigenvalue weighted by Gasteiger charge is 2.22. The highest BCUT2D eigenvalue weighted by atomic mass is 15.3. The molecule has 0 aliphatic heterocycles. The summed E-state index contributed by atoms with van der Waals surface area (Å²) in [7, 11) is 0. The second-order valence-electron chi connectivity index (χ2n) is 7.25. The fraction of sp³-hybridized carbons (Fsp3) is 0.318. The van der Waals surface area contributed by atoms with Crippen molar-refractivity contribution >= 4 is 10.9 Å². The van der Waals surface area contributed by atoms with Crippen molar-refractivity contribution in [1.82, 2.24) is 24.5 Å². The van der Waals surface area contributed by atoms with Crippen LogP contribution in [0.4, 0.5) is 0 Å². The van der Waals surface area contributed by atoms with Gasteiger partial charge in [0, 0.05) is 23.3 Å². The van der Waals surface area contributed by atoms with Gasteiger partial charge in [-0.25, -0.2) is 4.68 Å². The van der Waals surface area contributed by atoms with Crippen LogP contribution in [-0.4, -0.2) is 24.5 Å². The number of aromatic nitrogens is 5. The van der Waals surface area contributed by atoms with E-state index in [4.69, 9.17) is 5.10 Å². The quantitative estimate of drug-likeness (QED) is 0.518. The van der Waals surface area contributed by atoms with Crippen LogP contribution in [0.3, 0.4) is 0 Å². The topological polar surface area (TPSA) is 48.5 Å². The van der Waals surface area contributed by atoms with Crippen molar-refractivity contribution in [2.75, 3.05) is 0 Å². The lowest BCUT2D eigenvalue weighted by Crippen LogP contribution is -2.06. The molecule has 0 unspecified atom stereocenters. The van der Waals surface area contributed by atoms with Gasteiger partial charge in [-0.05, 0) is 43.5 Å². The summed E-state index contributed by atoms with van der Waals surface area (Å²) in [5, 5.41) is 10.8. The van der Waals surface area contributed by atoms with Crippen molar-refractivity contribution in [1.29, 1.82) is 0 Å².